The van der Waals surface area contributed by atoms with Gasteiger partial charge in [-0.05, 0) is 47.5 Å². The predicted molar refractivity (Wildman–Crippen MR) is 136 cm³/mol. The van der Waals surface area contributed by atoms with Gasteiger partial charge in [-0.3, -0.25) is 9.59 Å². The Bertz CT molecular complexity index is 1510. The van der Waals surface area contributed by atoms with Crippen molar-refractivity contribution in [1.82, 2.24) is 0 Å². The number of anilines is 2. The van der Waals surface area contributed by atoms with E-state index in [4.69, 9.17) is 52.1 Å². The summed E-state index contributed by atoms with van der Waals surface area (Å²) in [7, 11) is 0. The average molecular weight is 630 g/mol. The molecule has 4 rings (SSSR count). The van der Waals surface area contributed by atoms with Crippen LogP contribution in [0.2, 0.25) is 10.0 Å². The zero-order valence-corrected chi connectivity index (χ0v) is 22.1. The van der Waals surface area contributed by atoms with Gasteiger partial charge in [0.1, 0.15) is 21.7 Å². The minimum Gasteiger partial charge on any atom is -0.394 e. The van der Waals surface area contributed by atoms with Crippen LogP contribution in [0.3, 0.4) is 0 Å². The Morgan fingerprint density at radius 2 is 1.64 bits per heavy atom. The first-order chi connectivity index (χ1) is 18.0. The number of carbonyl (C=O) groups is 2. The van der Waals surface area contributed by atoms with Gasteiger partial charge < -0.3 is 11.1 Å². The van der Waals surface area contributed by atoms with Crippen LogP contribution in [-0.4, -0.2) is 16.0 Å². The van der Waals surface area contributed by atoms with Gasteiger partial charge in [-0.25, -0.2) is 13.2 Å². The maximum absolute atomic E-state index is 14.2. The van der Waals surface area contributed by atoms with E-state index in [0.29, 0.717) is 6.07 Å². The molecule has 2 unspecified atom stereocenters. The number of carbonyl (C=O) groups excluding carboxylic acids is 2. The van der Waals surface area contributed by atoms with Gasteiger partial charge in [0.2, 0.25) is 5.91 Å². The molecule has 206 valence electrons. The van der Waals surface area contributed by atoms with Gasteiger partial charge in [-0.2, -0.15) is 13.2 Å². The lowest BCUT2D eigenvalue weighted by Gasteiger charge is -2.12. The second kappa shape index (κ2) is 10.4. The SMILES string of the molecule is Nc1c(F)ccc(CC(=O)c2cc(NC(=O)C3C(c4cc(F)c(Cl)c(C(F)(F)F)c4)C3(Cl)Cl)ccc2Cl)c1F. The minimum atomic E-state index is -4.98. The maximum Gasteiger partial charge on any atom is 0.417 e. The van der Waals surface area contributed by atoms with E-state index in [1.54, 1.807) is 0 Å². The summed E-state index contributed by atoms with van der Waals surface area (Å²) < 4.78 is 79.8. The van der Waals surface area contributed by atoms with Gasteiger partial charge >= 0.3 is 6.18 Å². The minimum absolute atomic E-state index is 0.0277. The Labute approximate surface area is 237 Å². The van der Waals surface area contributed by atoms with Crippen molar-refractivity contribution in [3.05, 3.63) is 92.2 Å². The van der Waals surface area contributed by atoms with Crippen molar-refractivity contribution >= 4 is 69.5 Å². The second-order valence-electron chi connectivity index (χ2n) is 8.71. The molecule has 1 aliphatic carbocycles. The molecule has 0 aromatic heterocycles. The predicted octanol–water partition coefficient (Wildman–Crippen LogP) is 7.96. The summed E-state index contributed by atoms with van der Waals surface area (Å²) in [5, 5.41) is 1.26. The van der Waals surface area contributed by atoms with Crippen LogP contribution >= 0.6 is 46.4 Å². The lowest BCUT2D eigenvalue weighted by molar-refractivity contribution is -0.137. The Morgan fingerprint density at radius 1 is 0.974 bits per heavy atom. The average Bonchev–Trinajstić information content (AvgIpc) is 3.43. The van der Waals surface area contributed by atoms with Gasteiger partial charge in [0, 0.05) is 23.6 Å². The fourth-order valence-electron chi connectivity index (χ4n) is 4.12. The Balaban J connectivity index is 1.55. The molecule has 3 aromatic rings. The summed E-state index contributed by atoms with van der Waals surface area (Å²) in [6, 6.07) is 7.01. The molecule has 0 heterocycles. The maximum atomic E-state index is 14.2. The van der Waals surface area contributed by atoms with E-state index in [9.17, 15) is 35.9 Å². The van der Waals surface area contributed by atoms with Gasteiger partial charge in [-0.15, -0.1) is 23.2 Å². The third kappa shape index (κ3) is 5.66. The summed E-state index contributed by atoms with van der Waals surface area (Å²) in [6.45, 7) is 0. The van der Waals surface area contributed by atoms with Crippen LogP contribution in [0.15, 0.2) is 42.5 Å². The zero-order valence-electron chi connectivity index (χ0n) is 19.1. The van der Waals surface area contributed by atoms with E-state index < -0.39 is 74.2 Å². The van der Waals surface area contributed by atoms with E-state index in [1.165, 1.54) is 18.2 Å². The summed E-state index contributed by atoms with van der Waals surface area (Å²) in [6.07, 6.45) is -5.51. The number of Topliss-reactive ketones (excluding diaryl/α,β-unsaturated/α-hetero) is 1. The van der Waals surface area contributed by atoms with Gasteiger partial charge in [0.15, 0.2) is 11.6 Å². The number of amides is 1. The number of hydrogen-bond acceptors (Lipinski definition) is 3. The first-order valence-electron chi connectivity index (χ1n) is 10.8. The number of ketones is 1. The molecule has 0 saturated heterocycles. The number of nitrogens with two attached hydrogens (primary N) is 1. The van der Waals surface area contributed by atoms with Crippen molar-refractivity contribution < 1.29 is 35.9 Å². The van der Waals surface area contributed by atoms with E-state index in [1.807, 2.05) is 0 Å². The summed E-state index contributed by atoms with van der Waals surface area (Å²) in [4.78, 5) is 25.7. The highest BCUT2D eigenvalue weighted by Gasteiger charge is 2.68. The third-order valence-electron chi connectivity index (χ3n) is 6.14. The highest BCUT2D eigenvalue weighted by molar-refractivity contribution is 6.53. The van der Waals surface area contributed by atoms with Crippen molar-refractivity contribution in [1.29, 1.82) is 0 Å². The molecule has 0 aliphatic heterocycles. The van der Waals surface area contributed by atoms with E-state index in [-0.39, 0.29) is 27.4 Å². The van der Waals surface area contributed by atoms with Crippen LogP contribution < -0.4 is 11.1 Å². The van der Waals surface area contributed by atoms with Crippen LogP contribution in [0.25, 0.3) is 0 Å². The molecule has 3 N–H and O–H groups in total. The van der Waals surface area contributed by atoms with Crippen LogP contribution in [0.5, 0.6) is 0 Å². The topological polar surface area (TPSA) is 72.2 Å². The van der Waals surface area contributed by atoms with Crippen molar-refractivity contribution in [3.8, 4) is 0 Å². The summed E-state index contributed by atoms with van der Waals surface area (Å²) in [5.74, 6) is -7.50. The van der Waals surface area contributed by atoms with Crippen LogP contribution in [0.4, 0.5) is 37.7 Å². The fraction of sp³-hybridized carbons (Fsp3) is 0.200. The number of benzene rings is 3. The van der Waals surface area contributed by atoms with Gasteiger partial charge in [0.05, 0.1) is 21.5 Å². The Kier molecular flexibility index (Phi) is 7.81. The summed E-state index contributed by atoms with van der Waals surface area (Å²) in [5.41, 5.74) is 2.55. The molecule has 0 bridgehead atoms. The van der Waals surface area contributed by atoms with Crippen molar-refractivity contribution in [2.75, 3.05) is 11.1 Å². The van der Waals surface area contributed by atoms with Crippen molar-refractivity contribution in [2.24, 2.45) is 5.92 Å². The third-order valence-corrected chi connectivity index (χ3v) is 7.80. The highest BCUT2D eigenvalue weighted by Crippen LogP contribution is 2.65. The Morgan fingerprint density at radius 3 is 2.28 bits per heavy atom. The number of hydrogen-bond donors (Lipinski definition) is 2. The van der Waals surface area contributed by atoms with Gasteiger partial charge in [-0.1, -0.05) is 29.3 Å². The lowest BCUT2D eigenvalue weighted by Crippen LogP contribution is -2.17. The molecule has 0 radical (unpaired) electrons. The molecule has 39 heavy (non-hydrogen) atoms. The molecule has 0 spiro atoms. The molecule has 1 amide bonds. The number of halogens is 10. The number of alkyl halides is 5. The largest absolute Gasteiger partial charge is 0.417 e. The van der Waals surface area contributed by atoms with Crippen molar-refractivity contribution in [2.45, 2.75) is 22.8 Å². The van der Waals surface area contributed by atoms with E-state index in [2.05, 4.69) is 5.32 Å². The lowest BCUT2D eigenvalue weighted by atomic mass is 10.0. The molecule has 4 nitrogen and oxygen atoms in total. The molecule has 1 saturated carbocycles. The number of nitrogens with one attached hydrogen (secondary N) is 1. The second-order valence-corrected chi connectivity index (χ2v) is 10.9. The standard InChI is InChI=1S/C25H14Cl4F6N2O2/c26-14-3-2-11(8-12(14)17(38)7-9-1-4-15(30)22(36)21(9)32)37-23(39)19-18(24(19,28)29)10-5-13(25(33,34)35)20(27)16(31)6-10/h1-6,8,18-19H,7,36H2,(H,37,39). The Hall–Kier alpha value is -2.66. The molecule has 1 fully saturated rings. The van der Waals surface area contributed by atoms with Gasteiger partial charge in [0.25, 0.3) is 0 Å². The van der Waals surface area contributed by atoms with E-state index in [0.717, 1.165) is 18.2 Å². The van der Waals surface area contributed by atoms with Crippen LogP contribution in [0.1, 0.15) is 33.0 Å². The number of rotatable bonds is 6. The molecular formula is C25H14Cl4F6N2O2. The van der Waals surface area contributed by atoms with E-state index >= 15 is 0 Å². The van der Waals surface area contributed by atoms with Crippen molar-refractivity contribution in [3.63, 3.8) is 0 Å². The molecule has 14 heteroatoms. The first kappa shape index (κ1) is 29.3. The zero-order chi connectivity index (χ0) is 29.0. The molecule has 3 aromatic carbocycles. The first-order valence-corrected chi connectivity index (χ1v) is 12.3. The van der Waals surface area contributed by atoms with Crippen LogP contribution in [-0.2, 0) is 17.4 Å². The fourth-order valence-corrected chi connectivity index (χ4v) is 5.39. The molecular weight excluding hydrogens is 616 g/mol. The summed E-state index contributed by atoms with van der Waals surface area (Å²) >= 11 is 23.9. The highest BCUT2D eigenvalue weighted by atomic mass is 35.5. The number of nitrogen functional groups attached to an aromatic ring is 1. The smallest absolute Gasteiger partial charge is 0.394 e. The normalized spacial score (nSPS) is 18.1. The molecule has 1 aliphatic rings. The quantitative estimate of drug-likeness (QED) is 0.126. The monoisotopic (exact) mass is 628 g/mol. The van der Waals surface area contributed by atoms with Crippen LogP contribution in [0, 0.1) is 23.4 Å². The molecule has 2 atom stereocenters.